The molecule has 1 rings (SSSR count). The van der Waals surface area contributed by atoms with Crippen LogP contribution < -0.4 is 0 Å². The van der Waals surface area contributed by atoms with E-state index in [9.17, 15) is 0 Å². The van der Waals surface area contributed by atoms with Crippen molar-refractivity contribution in [2.75, 3.05) is 6.16 Å². The molecule has 0 amide bonds. The Balaban J connectivity index is 2.40. The summed E-state index contributed by atoms with van der Waals surface area (Å²) in [7, 11) is -1.70. The van der Waals surface area contributed by atoms with Crippen molar-refractivity contribution >= 4 is 8.38 Å². The molecule has 0 spiro atoms. The molecular weight excluding hydrogens is 219 g/mol. The first-order chi connectivity index (χ1) is 7.74. The molecule has 0 heterocycles. The van der Waals surface area contributed by atoms with Gasteiger partial charge in [-0.15, -0.1) is 0 Å². The number of unbranched alkanes of at least 4 members (excludes halogenated alkanes) is 1. The van der Waals surface area contributed by atoms with Crippen molar-refractivity contribution in [1.29, 1.82) is 0 Å². The van der Waals surface area contributed by atoms with Gasteiger partial charge in [0, 0.05) is 6.16 Å². The van der Waals surface area contributed by atoms with Crippen LogP contribution in [0.3, 0.4) is 0 Å². The minimum absolute atomic E-state index is 0.547. The number of aryl methyl sites for hydroxylation is 2. The molecule has 0 bridgehead atoms. The second-order valence-electron chi connectivity index (χ2n) is 4.07. The smallest absolute Gasteiger partial charge is 0.164 e. The van der Waals surface area contributed by atoms with Gasteiger partial charge in [-0.25, -0.2) is 0 Å². The molecule has 1 aromatic carbocycles. The van der Waals surface area contributed by atoms with E-state index in [1.54, 1.807) is 0 Å². The van der Waals surface area contributed by atoms with E-state index in [-0.39, 0.29) is 0 Å². The molecular formula is C13H21O2P. The van der Waals surface area contributed by atoms with Crippen LogP contribution in [-0.4, -0.2) is 15.9 Å². The maximum Gasteiger partial charge on any atom is 0.164 e. The van der Waals surface area contributed by atoms with Gasteiger partial charge >= 0.3 is 0 Å². The fraction of sp³-hybridized carbons (Fsp3) is 0.538. The average molecular weight is 240 g/mol. The van der Waals surface area contributed by atoms with E-state index < -0.39 is 8.38 Å². The number of benzene rings is 1. The zero-order valence-electron chi connectivity index (χ0n) is 9.89. The normalized spacial score (nSPS) is 11.0. The summed E-state index contributed by atoms with van der Waals surface area (Å²) in [6, 6.07) is 8.56. The Morgan fingerprint density at radius 2 is 1.62 bits per heavy atom. The molecule has 0 fully saturated rings. The summed E-state index contributed by atoms with van der Waals surface area (Å²) in [5, 5.41) is 0. The highest BCUT2D eigenvalue weighted by Crippen LogP contribution is 2.25. The first-order valence-corrected chi connectivity index (χ1v) is 7.39. The lowest BCUT2D eigenvalue weighted by atomic mass is 9.99. The monoisotopic (exact) mass is 240 g/mol. The molecule has 0 saturated carbocycles. The lowest BCUT2D eigenvalue weighted by molar-refractivity contribution is 0.479. The zero-order chi connectivity index (χ0) is 11.8. The second kappa shape index (κ2) is 7.78. The fourth-order valence-electron chi connectivity index (χ4n) is 1.88. The third-order valence-electron chi connectivity index (χ3n) is 2.69. The highest BCUT2D eigenvalue weighted by molar-refractivity contribution is 7.45. The summed E-state index contributed by atoms with van der Waals surface area (Å²) in [6.07, 6.45) is 5.86. The summed E-state index contributed by atoms with van der Waals surface area (Å²) in [4.78, 5) is 17.6. The molecule has 0 saturated heterocycles. The van der Waals surface area contributed by atoms with Crippen LogP contribution in [-0.2, 0) is 12.8 Å². The largest absolute Gasteiger partial charge is 0.350 e. The third-order valence-corrected chi connectivity index (χ3v) is 3.41. The van der Waals surface area contributed by atoms with Gasteiger partial charge in [-0.05, 0) is 36.8 Å². The van der Waals surface area contributed by atoms with Crippen molar-refractivity contribution in [1.82, 2.24) is 0 Å². The third kappa shape index (κ3) is 5.07. The zero-order valence-corrected chi connectivity index (χ0v) is 10.8. The Labute approximate surface area is 99.2 Å². The maximum atomic E-state index is 8.81. The minimum atomic E-state index is -1.70. The van der Waals surface area contributed by atoms with Crippen molar-refractivity contribution < 1.29 is 9.79 Å². The highest BCUT2D eigenvalue weighted by Gasteiger charge is 2.02. The van der Waals surface area contributed by atoms with Crippen molar-refractivity contribution in [3.05, 3.63) is 35.4 Å². The molecule has 1 aromatic rings. The van der Waals surface area contributed by atoms with Crippen LogP contribution in [0.4, 0.5) is 0 Å². The number of hydrogen-bond acceptors (Lipinski definition) is 2. The first-order valence-electron chi connectivity index (χ1n) is 5.96. The van der Waals surface area contributed by atoms with Gasteiger partial charge in [0.15, 0.2) is 8.38 Å². The van der Waals surface area contributed by atoms with Gasteiger partial charge in [0.25, 0.3) is 0 Å². The lowest BCUT2D eigenvalue weighted by Crippen LogP contribution is -1.95. The molecule has 0 radical (unpaired) electrons. The van der Waals surface area contributed by atoms with Gasteiger partial charge in [-0.3, -0.25) is 0 Å². The predicted octanol–water partition coefficient (Wildman–Crippen LogP) is 3.26. The predicted molar refractivity (Wildman–Crippen MR) is 69.6 cm³/mol. The molecule has 0 aliphatic carbocycles. The topological polar surface area (TPSA) is 40.5 Å². The molecule has 90 valence electrons. The molecule has 3 heteroatoms. The van der Waals surface area contributed by atoms with Crippen LogP contribution in [0, 0.1) is 0 Å². The van der Waals surface area contributed by atoms with Crippen molar-refractivity contribution in [2.24, 2.45) is 0 Å². The summed E-state index contributed by atoms with van der Waals surface area (Å²) in [5.74, 6) is 0. The van der Waals surface area contributed by atoms with E-state index in [2.05, 4.69) is 31.2 Å². The molecule has 0 unspecified atom stereocenters. The fourth-order valence-corrected chi connectivity index (χ4v) is 2.39. The summed E-state index contributed by atoms with van der Waals surface area (Å²) in [6.45, 7) is 2.20. The van der Waals surface area contributed by atoms with Gasteiger partial charge < -0.3 is 9.79 Å². The lowest BCUT2D eigenvalue weighted by Gasteiger charge is -2.08. The van der Waals surface area contributed by atoms with E-state index in [0.717, 1.165) is 25.7 Å². The molecule has 2 nitrogen and oxygen atoms in total. The molecule has 0 atom stereocenters. The Bertz CT molecular complexity index is 300. The van der Waals surface area contributed by atoms with Gasteiger partial charge in [0.1, 0.15) is 0 Å². The molecule has 2 N–H and O–H groups in total. The van der Waals surface area contributed by atoms with E-state index in [4.69, 9.17) is 9.79 Å². The van der Waals surface area contributed by atoms with Crippen LogP contribution in [0.25, 0.3) is 0 Å². The van der Waals surface area contributed by atoms with E-state index >= 15 is 0 Å². The van der Waals surface area contributed by atoms with Crippen molar-refractivity contribution in [3.63, 3.8) is 0 Å². The maximum absolute atomic E-state index is 8.81. The second-order valence-corrected chi connectivity index (χ2v) is 5.26. The number of hydrogen-bond donors (Lipinski definition) is 2. The van der Waals surface area contributed by atoms with Gasteiger partial charge in [0.05, 0.1) is 0 Å². The molecule has 0 aromatic heterocycles. The van der Waals surface area contributed by atoms with Gasteiger partial charge in [-0.1, -0.05) is 37.6 Å². The summed E-state index contributed by atoms with van der Waals surface area (Å²) < 4.78 is 0. The van der Waals surface area contributed by atoms with Crippen LogP contribution in [0.1, 0.15) is 37.3 Å². The molecule has 0 aliphatic rings. The number of rotatable bonds is 7. The average Bonchev–Trinajstić information content (AvgIpc) is 2.26. The molecule has 0 aliphatic heterocycles. The quantitative estimate of drug-likeness (QED) is 0.567. The summed E-state index contributed by atoms with van der Waals surface area (Å²) >= 11 is 0. The van der Waals surface area contributed by atoms with Crippen molar-refractivity contribution in [2.45, 2.75) is 39.0 Å². The van der Waals surface area contributed by atoms with Gasteiger partial charge in [-0.2, -0.15) is 0 Å². The summed E-state index contributed by atoms with van der Waals surface area (Å²) in [5.41, 5.74) is 2.87. The van der Waals surface area contributed by atoms with Gasteiger partial charge in [0.2, 0.25) is 0 Å². The van der Waals surface area contributed by atoms with Crippen molar-refractivity contribution in [3.8, 4) is 0 Å². The van der Waals surface area contributed by atoms with Crippen LogP contribution in [0.5, 0.6) is 0 Å². The first kappa shape index (κ1) is 13.6. The highest BCUT2D eigenvalue weighted by atomic mass is 31.2. The Morgan fingerprint density at radius 1 is 1.00 bits per heavy atom. The molecule has 16 heavy (non-hydrogen) atoms. The van der Waals surface area contributed by atoms with E-state index in [1.165, 1.54) is 17.5 Å². The standard InChI is InChI=1S/C13H21O2P/c1-2-7-12-8-3-4-9-13(12)10-5-6-11-16(14)15/h3-4,8-9,14-15H,2,5-7,10-11H2,1H3. The minimum Gasteiger partial charge on any atom is -0.350 e. The Hall–Kier alpha value is -0.430. The Kier molecular flexibility index (Phi) is 6.63. The van der Waals surface area contributed by atoms with Crippen LogP contribution >= 0.6 is 8.38 Å². The van der Waals surface area contributed by atoms with Crippen LogP contribution in [0.2, 0.25) is 0 Å². The Morgan fingerprint density at radius 3 is 2.19 bits per heavy atom. The van der Waals surface area contributed by atoms with Crippen LogP contribution in [0.15, 0.2) is 24.3 Å². The van der Waals surface area contributed by atoms with E-state index in [0.29, 0.717) is 6.16 Å². The van der Waals surface area contributed by atoms with E-state index in [1.807, 2.05) is 0 Å². The SMILES string of the molecule is CCCc1ccccc1CCCCP(O)O.